The molecule has 0 aliphatic heterocycles. The fourth-order valence-corrected chi connectivity index (χ4v) is 6.34. The van der Waals surface area contributed by atoms with Gasteiger partial charge >= 0.3 is 5.97 Å². The summed E-state index contributed by atoms with van der Waals surface area (Å²) in [5.74, 6) is 0.00179. The number of imidazole rings is 1. The van der Waals surface area contributed by atoms with E-state index < -0.39 is 12.0 Å². The zero-order valence-electron chi connectivity index (χ0n) is 26.3. The molecule has 0 spiro atoms. The highest BCUT2D eigenvalue weighted by Gasteiger charge is 2.26. The Labute approximate surface area is 279 Å². The molecule has 6 rings (SSSR count). The van der Waals surface area contributed by atoms with Gasteiger partial charge in [-0.15, -0.1) is 0 Å². The minimum Gasteiger partial charge on any atom is -0.460 e. The van der Waals surface area contributed by atoms with Crippen LogP contribution in [0.15, 0.2) is 103 Å². The molecule has 0 unspecified atom stereocenters. The van der Waals surface area contributed by atoms with E-state index in [-0.39, 0.29) is 18.4 Å². The largest absolute Gasteiger partial charge is 0.460 e. The lowest BCUT2D eigenvalue weighted by atomic mass is 10.0. The van der Waals surface area contributed by atoms with E-state index in [2.05, 4.69) is 5.32 Å². The molecule has 2 amide bonds. The molecule has 4 aromatic carbocycles. The molecule has 1 atom stereocenters. The molecule has 1 heterocycles. The van der Waals surface area contributed by atoms with Crippen LogP contribution in [0.3, 0.4) is 0 Å². The summed E-state index contributed by atoms with van der Waals surface area (Å²) in [5.41, 5.74) is 3.94. The van der Waals surface area contributed by atoms with Crippen LogP contribution >= 0.6 is 11.6 Å². The van der Waals surface area contributed by atoms with Crippen molar-refractivity contribution < 1.29 is 19.1 Å². The van der Waals surface area contributed by atoms with Gasteiger partial charge in [0.2, 0.25) is 11.9 Å². The zero-order valence-corrected chi connectivity index (χ0v) is 27.0. The molecular weight excluding hydrogens is 612 g/mol. The Kier molecular flexibility index (Phi) is 9.97. The zero-order chi connectivity index (χ0) is 32.8. The van der Waals surface area contributed by atoms with E-state index in [0.717, 1.165) is 29.6 Å². The van der Waals surface area contributed by atoms with Gasteiger partial charge in [-0.1, -0.05) is 73.0 Å². The molecule has 8 nitrogen and oxygen atoms in total. The number of hydrogen-bond donors (Lipinski definition) is 1. The topological polar surface area (TPSA) is 93.5 Å². The lowest BCUT2D eigenvalue weighted by Crippen LogP contribution is -2.27. The van der Waals surface area contributed by atoms with Crippen LogP contribution in [-0.2, 0) is 16.0 Å². The van der Waals surface area contributed by atoms with Crippen LogP contribution in [0.5, 0.6) is 0 Å². The molecule has 1 aliphatic carbocycles. The molecule has 0 bridgehead atoms. The summed E-state index contributed by atoms with van der Waals surface area (Å²) < 4.78 is 7.80. The number of carbonyl (C=O) groups is 3. The molecule has 240 valence electrons. The van der Waals surface area contributed by atoms with Crippen LogP contribution in [0.2, 0.25) is 5.02 Å². The summed E-state index contributed by atoms with van der Waals surface area (Å²) in [4.78, 5) is 46.3. The molecule has 1 N–H and O–H groups in total. The first kappa shape index (κ1) is 32.0. The molecule has 1 fully saturated rings. The van der Waals surface area contributed by atoms with Crippen LogP contribution in [-0.4, -0.2) is 41.0 Å². The van der Waals surface area contributed by atoms with Crippen molar-refractivity contribution in [1.29, 1.82) is 0 Å². The fourth-order valence-electron chi connectivity index (χ4n) is 6.21. The highest BCUT2D eigenvalue weighted by atomic mass is 35.5. The predicted octanol–water partition coefficient (Wildman–Crippen LogP) is 8.13. The number of nitrogens with zero attached hydrogens (tertiary/aromatic N) is 3. The van der Waals surface area contributed by atoms with Crippen LogP contribution < -0.4 is 10.2 Å². The first-order valence-corrected chi connectivity index (χ1v) is 16.3. The SMILES string of the molecule is CN(C(=O)CC1CCCC1)c1ccc2c(c1)nc(NC(=O)c1ccc(Cl)cc1)n2[C@H](COC(=O)c1ccccc1)Cc1ccccc1. The van der Waals surface area contributed by atoms with E-state index >= 15 is 0 Å². The lowest BCUT2D eigenvalue weighted by Gasteiger charge is -2.23. The van der Waals surface area contributed by atoms with E-state index in [0.29, 0.717) is 46.4 Å². The quantitative estimate of drug-likeness (QED) is 0.146. The van der Waals surface area contributed by atoms with Gasteiger partial charge in [-0.05, 0) is 85.3 Å². The Hall–Kier alpha value is -4.95. The van der Waals surface area contributed by atoms with Crippen molar-refractivity contribution in [2.45, 2.75) is 44.6 Å². The Bertz CT molecular complexity index is 1850. The number of aromatic nitrogens is 2. The standard InChI is InChI=1S/C38H37ClN4O4/c1-42(35(44)23-27-12-8-9-13-27)31-20-21-34-33(24-31)40-38(41-36(45)28-16-18-30(39)19-17-28)43(34)32(22-26-10-4-2-5-11-26)25-47-37(46)29-14-6-3-7-15-29/h2-7,10-11,14-21,24,27,32H,8-9,12-13,22-23,25H2,1H3,(H,40,41,45)/t32-/m0/s1. The van der Waals surface area contributed by atoms with E-state index in [4.69, 9.17) is 21.3 Å². The molecule has 0 radical (unpaired) electrons. The Morgan fingerprint density at radius 2 is 1.60 bits per heavy atom. The van der Waals surface area contributed by atoms with Crippen LogP contribution in [0.25, 0.3) is 11.0 Å². The van der Waals surface area contributed by atoms with Gasteiger partial charge in [0.15, 0.2) is 0 Å². The average molecular weight is 649 g/mol. The number of halogens is 1. The van der Waals surface area contributed by atoms with Gasteiger partial charge in [-0.2, -0.15) is 0 Å². The van der Waals surface area contributed by atoms with Gasteiger partial charge in [0.1, 0.15) is 6.61 Å². The molecule has 1 saturated carbocycles. The van der Waals surface area contributed by atoms with E-state index in [1.165, 1.54) is 12.8 Å². The van der Waals surface area contributed by atoms with Crippen molar-refractivity contribution in [2.24, 2.45) is 5.92 Å². The van der Waals surface area contributed by atoms with Gasteiger partial charge in [0.05, 0.1) is 22.6 Å². The number of anilines is 2. The number of fused-ring (bicyclic) bond motifs is 1. The van der Waals surface area contributed by atoms with Gasteiger partial charge in [-0.3, -0.25) is 14.9 Å². The summed E-state index contributed by atoms with van der Waals surface area (Å²) in [7, 11) is 1.79. The van der Waals surface area contributed by atoms with Crippen LogP contribution in [0, 0.1) is 5.92 Å². The normalized spacial score (nSPS) is 13.7. The van der Waals surface area contributed by atoms with Crippen molar-refractivity contribution in [3.05, 3.63) is 125 Å². The van der Waals surface area contributed by atoms with Gasteiger partial charge in [-0.25, -0.2) is 9.78 Å². The van der Waals surface area contributed by atoms with E-state index in [1.54, 1.807) is 60.5 Å². The van der Waals surface area contributed by atoms with E-state index in [9.17, 15) is 14.4 Å². The number of rotatable bonds is 11. The van der Waals surface area contributed by atoms with Crippen LogP contribution in [0.1, 0.15) is 64.4 Å². The fraction of sp³-hybridized carbons (Fsp3) is 0.263. The molecule has 9 heteroatoms. The maximum atomic E-state index is 13.5. The van der Waals surface area contributed by atoms with Gasteiger partial charge < -0.3 is 14.2 Å². The minimum atomic E-state index is -0.440. The molecule has 1 aromatic heterocycles. The van der Waals surface area contributed by atoms with Crippen molar-refractivity contribution in [3.8, 4) is 0 Å². The predicted molar refractivity (Wildman–Crippen MR) is 185 cm³/mol. The van der Waals surface area contributed by atoms with Crippen molar-refractivity contribution in [1.82, 2.24) is 9.55 Å². The van der Waals surface area contributed by atoms with Crippen LogP contribution in [0.4, 0.5) is 11.6 Å². The van der Waals surface area contributed by atoms with Crippen molar-refractivity contribution in [3.63, 3.8) is 0 Å². The number of benzene rings is 4. The van der Waals surface area contributed by atoms with Gasteiger partial charge in [0.25, 0.3) is 5.91 Å². The highest BCUT2D eigenvalue weighted by molar-refractivity contribution is 6.30. The third kappa shape index (κ3) is 7.72. The molecule has 0 saturated heterocycles. The molecule has 5 aromatic rings. The van der Waals surface area contributed by atoms with Crippen molar-refractivity contribution in [2.75, 3.05) is 23.9 Å². The second kappa shape index (κ2) is 14.6. The summed E-state index contributed by atoms with van der Waals surface area (Å²) in [6.07, 6.45) is 5.58. The average Bonchev–Trinajstić information content (AvgIpc) is 3.74. The second-order valence-electron chi connectivity index (χ2n) is 12.1. The number of nitrogens with one attached hydrogen (secondary N) is 1. The second-order valence-corrected chi connectivity index (χ2v) is 12.5. The number of ether oxygens (including phenoxy) is 1. The van der Waals surface area contributed by atoms with Crippen molar-refractivity contribution >= 4 is 52.1 Å². The maximum absolute atomic E-state index is 13.5. The monoisotopic (exact) mass is 648 g/mol. The molecule has 47 heavy (non-hydrogen) atoms. The number of carbonyl (C=O) groups excluding carboxylic acids is 3. The summed E-state index contributed by atoms with van der Waals surface area (Å²) in [6.45, 7) is 0.0272. The summed E-state index contributed by atoms with van der Waals surface area (Å²) >= 11 is 6.07. The Morgan fingerprint density at radius 1 is 0.915 bits per heavy atom. The molecular formula is C38H37ClN4O4. The third-order valence-electron chi connectivity index (χ3n) is 8.80. The molecule has 1 aliphatic rings. The van der Waals surface area contributed by atoms with Gasteiger partial charge in [0, 0.05) is 29.7 Å². The number of hydrogen-bond acceptors (Lipinski definition) is 5. The first-order valence-electron chi connectivity index (χ1n) is 16.0. The Morgan fingerprint density at radius 3 is 2.30 bits per heavy atom. The number of amides is 2. The smallest absolute Gasteiger partial charge is 0.338 e. The Balaban J connectivity index is 1.37. The highest BCUT2D eigenvalue weighted by Crippen LogP contribution is 2.32. The lowest BCUT2D eigenvalue weighted by molar-refractivity contribution is -0.119. The maximum Gasteiger partial charge on any atom is 0.338 e. The summed E-state index contributed by atoms with van der Waals surface area (Å²) in [5, 5.41) is 3.51. The number of esters is 1. The summed E-state index contributed by atoms with van der Waals surface area (Å²) in [6, 6.07) is 30.6. The third-order valence-corrected chi connectivity index (χ3v) is 9.05. The van der Waals surface area contributed by atoms with E-state index in [1.807, 2.05) is 59.2 Å². The minimum absolute atomic E-state index is 0.0272. The first-order chi connectivity index (χ1) is 22.9.